The van der Waals surface area contributed by atoms with Gasteiger partial charge in [-0.05, 0) is 34.1 Å². The van der Waals surface area contributed by atoms with Crippen molar-refractivity contribution in [2.24, 2.45) is 0 Å². The van der Waals surface area contributed by atoms with E-state index in [1.54, 1.807) is 0 Å². The molecule has 2 nitrogen and oxygen atoms in total. The lowest BCUT2D eigenvalue weighted by molar-refractivity contribution is 0.551. The fraction of sp³-hybridized carbons (Fsp3) is 0. The predicted octanol–water partition coefficient (Wildman–Crippen LogP) is 2.76. The normalized spacial score (nSPS) is 11.6. The van der Waals surface area contributed by atoms with Crippen molar-refractivity contribution in [3.05, 3.63) is 27.7 Å². The summed E-state index contributed by atoms with van der Waals surface area (Å²) in [5.74, 6) is 0. The lowest BCUT2D eigenvalue weighted by Gasteiger charge is -1.98. The molecular formula is C6H3BrClFO2S. The third-order valence-corrected chi connectivity index (χ3v) is 3.19. The summed E-state index contributed by atoms with van der Waals surface area (Å²) in [4.78, 5) is -0.410. The second kappa shape index (κ2) is 3.32. The molecule has 0 bridgehead atoms. The topological polar surface area (TPSA) is 34.1 Å². The van der Waals surface area contributed by atoms with Crippen LogP contribution < -0.4 is 0 Å². The van der Waals surface area contributed by atoms with E-state index in [2.05, 4.69) is 15.9 Å². The molecule has 0 aromatic heterocycles. The van der Waals surface area contributed by atoms with Gasteiger partial charge in [-0.15, -0.1) is 3.89 Å². The predicted molar refractivity (Wildman–Crippen MR) is 47.4 cm³/mol. The van der Waals surface area contributed by atoms with Crippen molar-refractivity contribution in [2.75, 3.05) is 0 Å². The van der Waals surface area contributed by atoms with Crippen molar-refractivity contribution in [2.45, 2.75) is 4.90 Å². The molecule has 0 spiro atoms. The van der Waals surface area contributed by atoms with Crippen LogP contribution in [-0.4, -0.2) is 8.42 Å². The molecule has 0 heterocycles. The number of benzene rings is 1. The number of hydrogen-bond donors (Lipinski definition) is 0. The summed E-state index contributed by atoms with van der Waals surface area (Å²) < 4.78 is 33.4. The Hall–Kier alpha value is -0.130. The molecule has 12 heavy (non-hydrogen) atoms. The van der Waals surface area contributed by atoms with E-state index in [0.29, 0.717) is 5.02 Å². The van der Waals surface area contributed by atoms with Gasteiger partial charge in [0.25, 0.3) is 0 Å². The molecule has 0 amide bonds. The Morgan fingerprint density at radius 2 is 2.00 bits per heavy atom. The molecule has 0 saturated heterocycles. The van der Waals surface area contributed by atoms with Gasteiger partial charge < -0.3 is 0 Å². The largest absolute Gasteiger partial charge is 0.333 e. The minimum atomic E-state index is -4.66. The van der Waals surface area contributed by atoms with Gasteiger partial charge >= 0.3 is 10.2 Å². The van der Waals surface area contributed by atoms with Crippen molar-refractivity contribution in [1.29, 1.82) is 0 Å². The van der Waals surface area contributed by atoms with Gasteiger partial charge in [-0.25, -0.2) is 0 Å². The van der Waals surface area contributed by atoms with E-state index < -0.39 is 15.1 Å². The molecule has 0 aliphatic rings. The van der Waals surface area contributed by atoms with Crippen LogP contribution in [0.15, 0.2) is 27.6 Å². The fourth-order valence-corrected chi connectivity index (χ4v) is 2.46. The lowest BCUT2D eigenvalue weighted by atomic mass is 10.4. The summed E-state index contributed by atoms with van der Waals surface area (Å²) in [7, 11) is -4.66. The van der Waals surface area contributed by atoms with E-state index in [1.165, 1.54) is 12.1 Å². The first-order chi connectivity index (χ1) is 5.41. The van der Waals surface area contributed by atoms with Crippen LogP contribution in [0.1, 0.15) is 0 Å². The van der Waals surface area contributed by atoms with E-state index in [1.807, 2.05) is 0 Å². The molecule has 0 radical (unpaired) electrons. The summed E-state index contributed by atoms with van der Waals surface area (Å²) in [5, 5.41) is 0.342. The minimum Gasteiger partial charge on any atom is -0.189 e. The highest BCUT2D eigenvalue weighted by Gasteiger charge is 2.15. The van der Waals surface area contributed by atoms with Gasteiger partial charge in [-0.1, -0.05) is 11.6 Å². The average Bonchev–Trinajstić information content (AvgIpc) is 1.83. The molecule has 6 heteroatoms. The smallest absolute Gasteiger partial charge is 0.189 e. The molecule has 0 atom stereocenters. The first-order valence-electron chi connectivity index (χ1n) is 2.81. The molecule has 1 rings (SSSR count). The summed E-state index contributed by atoms with van der Waals surface area (Å²) >= 11 is 8.40. The standard InChI is InChI=1S/C6H3BrClFO2S/c7-5-3-4(8)1-2-6(5)12(9,10)11/h1-3H. The van der Waals surface area contributed by atoms with Crippen molar-refractivity contribution < 1.29 is 12.3 Å². The Morgan fingerprint density at radius 1 is 1.42 bits per heavy atom. The van der Waals surface area contributed by atoms with Crippen LogP contribution in [0.2, 0.25) is 5.02 Å². The Labute approximate surface area is 82.7 Å². The molecule has 66 valence electrons. The highest BCUT2D eigenvalue weighted by Crippen LogP contribution is 2.26. The van der Waals surface area contributed by atoms with Gasteiger partial charge in [0.2, 0.25) is 0 Å². The first-order valence-corrected chi connectivity index (χ1v) is 5.36. The third-order valence-electron chi connectivity index (χ3n) is 1.16. The van der Waals surface area contributed by atoms with E-state index in [-0.39, 0.29) is 4.47 Å². The van der Waals surface area contributed by atoms with E-state index >= 15 is 0 Å². The highest BCUT2D eigenvalue weighted by atomic mass is 79.9. The van der Waals surface area contributed by atoms with Crippen LogP contribution in [0, 0.1) is 0 Å². The second-order valence-electron chi connectivity index (χ2n) is 2.01. The monoisotopic (exact) mass is 272 g/mol. The fourth-order valence-electron chi connectivity index (χ4n) is 0.673. The van der Waals surface area contributed by atoms with Gasteiger partial charge in [0.1, 0.15) is 4.90 Å². The van der Waals surface area contributed by atoms with E-state index in [4.69, 9.17) is 11.6 Å². The molecule has 0 fully saturated rings. The summed E-state index contributed by atoms with van der Waals surface area (Å²) in [5.41, 5.74) is 0. The summed E-state index contributed by atoms with van der Waals surface area (Å²) in [6.45, 7) is 0. The van der Waals surface area contributed by atoms with Crippen molar-refractivity contribution in [3.63, 3.8) is 0 Å². The number of hydrogen-bond acceptors (Lipinski definition) is 2. The van der Waals surface area contributed by atoms with Crippen LogP contribution in [0.5, 0.6) is 0 Å². The average molecular weight is 274 g/mol. The lowest BCUT2D eigenvalue weighted by Crippen LogP contribution is -1.92. The summed E-state index contributed by atoms with van der Waals surface area (Å²) in [6, 6.07) is 3.72. The van der Waals surface area contributed by atoms with Gasteiger partial charge in [-0.2, -0.15) is 8.42 Å². The van der Waals surface area contributed by atoms with Gasteiger partial charge in [0, 0.05) is 9.50 Å². The van der Waals surface area contributed by atoms with E-state index in [9.17, 15) is 12.3 Å². The SMILES string of the molecule is O=S(=O)(F)c1ccc(Cl)cc1Br. The van der Waals surface area contributed by atoms with Crippen molar-refractivity contribution in [1.82, 2.24) is 0 Å². The zero-order valence-electron chi connectivity index (χ0n) is 5.59. The van der Waals surface area contributed by atoms with E-state index in [0.717, 1.165) is 6.07 Å². The van der Waals surface area contributed by atoms with Crippen molar-refractivity contribution >= 4 is 37.8 Å². The third kappa shape index (κ3) is 2.18. The number of rotatable bonds is 1. The zero-order valence-corrected chi connectivity index (χ0v) is 8.75. The molecule has 0 saturated carbocycles. The molecular weight excluding hydrogens is 270 g/mol. The van der Waals surface area contributed by atoms with Crippen LogP contribution in [-0.2, 0) is 10.2 Å². The van der Waals surface area contributed by atoms with Gasteiger partial charge in [-0.3, -0.25) is 0 Å². The minimum absolute atomic E-state index is 0.123. The van der Waals surface area contributed by atoms with Crippen LogP contribution in [0.25, 0.3) is 0 Å². The van der Waals surface area contributed by atoms with Crippen LogP contribution >= 0.6 is 27.5 Å². The molecule has 1 aromatic carbocycles. The molecule has 0 unspecified atom stereocenters. The quantitative estimate of drug-likeness (QED) is 0.737. The number of halogens is 3. The van der Waals surface area contributed by atoms with Gasteiger partial charge in [0.05, 0.1) is 0 Å². The molecule has 0 aliphatic heterocycles. The zero-order chi connectivity index (χ0) is 9.35. The van der Waals surface area contributed by atoms with Crippen LogP contribution in [0.3, 0.4) is 0 Å². The highest BCUT2D eigenvalue weighted by molar-refractivity contribution is 9.10. The second-order valence-corrected chi connectivity index (χ2v) is 4.62. The Bertz CT molecular complexity index is 404. The first kappa shape index (κ1) is 9.95. The molecule has 0 N–H and O–H groups in total. The Balaban J connectivity index is 3.39. The maximum atomic E-state index is 12.4. The molecule has 0 aliphatic carbocycles. The maximum absolute atomic E-state index is 12.4. The van der Waals surface area contributed by atoms with Crippen molar-refractivity contribution in [3.8, 4) is 0 Å². The van der Waals surface area contributed by atoms with Gasteiger partial charge in [0.15, 0.2) is 0 Å². The molecule has 1 aromatic rings. The van der Waals surface area contributed by atoms with Crippen LogP contribution in [0.4, 0.5) is 3.89 Å². The summed E-state index contributed by atoms with van der Waals surface area (Å²) in [6.07, 6.45) is 0. The Morgan fingerprint density at radius 3 is 2.42 bits per heavy atom. The maximum Gasteiger partial charge on any atom is 0.333 e. The Kier molecular flexibility index (Phi) is 2.75.